The van der Waals surface area contributed by atoms with Gasteiger partial charge in [-0.3, -0.25) is 9.69 Å². The van der Waals surface area contributed by atoms with Crippen LogP contribution in [-0.2, 0) is 14.9 Å². The van der Waals surface area contributed by atoms with E-state index in [-0.39, 0.29) is 18.0 Å². The molecule has 3 aliphatic rings. The number of nitrogens with zero attached hydrogens (tertiary/aromatic N) is 4. The number of urea groups is 1. The Labute approximate surface area is 243 Å². The fraction of sp³-hybridized carbons (Fsp3) is 0.545. The predicted molar refractivity (Wildman–Crippen MR) is 160 cm³/mol. The van der Waals surface area contributed by atoms with Crippen molar-refractivity contribution < 1.29 is 14.3 Å². The van der Waals surface area contributed by atoms with Gasteiger partial charge in [-0.1, -0.05) is 42.5 Å². The van der Waals surface area contributed by atoms with Crippen LogP contribution in [0.15, 0.2) is 54.6 Å². The van der Waals surface area contributed by atoms with Gasteiger partial charge in [0.1, 0.15) is 12.4 Å². The van der Waals surface area contributed by atoms with Crippen molar-refractivity contribution in [3.8, 4) is 0 Å². The Morgan fingerprint density at radius 2 is 1.66 bits per heavy atom. The molecule has 3 fully saturated rings. The molecule has 2 amide bonds. The minimum Gasteiger partial charge on any atom is -0.465 e. The number of amides is 2. The molecule has 0 saturated carbocycles. The Kier molecular flexibility index (Phi) is 8.02. The standard InChI is InChI=1S/C33H43N5O3/c1-3-41-31(39)23-34-32(40)36-18-15-33(16-19-36,25-9-5-4-6-10-25)17-20-37-26-13-14-27(37)22-28(21-26)38-24(2)35-29-11-7-8-12-30(29)38/h4-12,26-28H,3,13-23H2,1-2H3,(H,34,40). The Bertz CT molecular complexity index is 1350. The third kappa shape index (κ3) is 5.59. The molecule has 1 N–H and O–H groups in total. The molecule has 4 heterocycles. The summed E-state index contributed by atoms with van der Waals surface area (Å²) in [6.07, 6.45) is 7.87. The first-order chi connectivity index (χ1) is 20.0. The van der Waals surface area contributed by atoms with E-state index in [2.05, 4.69) is 76.3 Å². The molecule has 1 aromatic heterocycles. The number of likely N-dealkylation sites (tertiary alicyclic amines) is 1. The number of aromatic nitrogens is 2. The first-order valence-corrected chi connectivity index (χ1v) is 15.4. The summed E-state index contributed by atoms with van der Waals surface area (Å²) in [6, 6.07) is 21.0. The molecular formula is C33H43N5O3. The van der Waals surface area contributed by atoms with E-state index in [0.717, 1.165) is 37.1 Å². The average Bonchev–Trinajstić information content (AvgIpc) is 3.46. The summed E-state index contributed by atoms with van der Waals surface area (Å²) in [5, 5.41) is 2.74. The molecular weight excluding hydrogens is 514 g/mol. The van der Waals surface area contributed by atoms with Crippen molar-refractivity contribution in [3.63, 3.8) is 0 Å². The van der Waals surface area contributed by atoms with Crippen LogP contribution in [0.5, 0.6) is 0 Å². The lowest BCUT2D eigenvalue weighted by Gasteiger charge is -2.45. The summed E-state index contributed by atoms with van der Waals surface area (Å²) in [6.45, 7) is 6.62. The Balaban J connectivity index is 1.12. The first-order valence-electron chi connectivity index (χ1n) is 15.4. The highest BCUT2D eigenvalue weighted by Gasteiger charge is 2.44. The highest BCUT2D eigenvalue weighted by atomic mass is 16.5. The van der Waals surface area contributed by atoms with Gasteiger partial charge in [0.2, 0.25) is 0 Å². The number of carbonyl (C=O) groups excluding carboxylic acids is 2. The zero-order valence-electron chi connectivity index (χ0n) is 24.4. The van der Waals surface area contributed by atoms with Gasteiger partial charge in [-0.05, 0) is 88.4 Å². The summed E-state index contributed by atoms with van der Waals surface area (Å²) < 4.78 is 7.46. The van der Waals surface area contributed by atoms with E-state index in [1.165, 1.54) is 36.8 Å². The molecule has 2 bridgehead atoms. The van der Waals surface area contributed by atoms with Crippen LogP contribution >= 0.6 is 0 Å². The van der Waals surface area contributed by atoms with Gasteiger partial charge >= 0.3 is 12.0 Å². The molecule has 41 heavy (non-hydrogen) atoms. The maximum absolute atomic E-state index is 12.8. The van der Waals surface area contributed by atoms with E-state index in [0.29, 0.717) is 37.8 Å². The third-order valence-electron chi connectivity index (χ3n) is 9.93. The van der Waals surface area contributed by atoms with Gasteiger partial charge in [0.15, 0.2) is 0 Å². The van der Waals surface area contributed by atoms with Crippen molar-refractivity contribution in [2.75, 3.05) is 32.8 Å². The fourth-order valence-corrected chi connectivity index (χ4v) is 7.87. The molecule has 0 aliphatic carbocycles. The van der Waals surface area contributed by atoms with E-state index >= 15 is 0 Å². The lowest BCUT2D eigenvalue weighted by molar-refractivity contribution is -0.141. The van der Waals surface area contributed by atoms with Gasteiger partial charge in [0.25, 0.3) is 0 Å². The van der Waals surface area contributed by atoms with Gasteiger partial charge in [-0.2, -0.15) is 0 Å². The van der Waals surface area contributed by atoms with E-state index in [4.69, 9.17) is 9.72 Å². The number of hydrogen-bond donors (Lipinski definition) is 1. The van der Waals surface area contributed by atoms with Gasteiger partial charge in [0.05, 0.1) is 17.6 Å². The molecule has 0 spiro atoms. The summed E-state index contributed by atoms with van der Waals surface area (Å²) in [5.74, 6) is 0.733. The molecule has 8 nitrogen and oxygen atoms in total. The van der Waals surface area contributed by atoms with E-state index < -0.39 is 5.97 Å². The molecule has 218 valence electrons. The predicted octanol–water partition coefficient (Wildman–Crippen LogP) is 5.21. The summed E-state index contributed by atoms with van der Waals surface area (Å²) in [7, 11) is 0. The second-order valence-electron chi connectivity index (χ2n) is 12.1. The molecule has 2 atom stereocenters. The summed E-state index contributed by atoms with van der Waals surface area (Å²) >= 11 is 0. The topological polar surface area (TPSA) is 79.7 Å². The zero-order chi connectivity index (χ0) is 28.4. The molecule has 3 aromatic rings. The highest BCUT2D eigenvalue weighted by molar-refractivity contribution is 5.81. The maximum Gasteiger partial charge on any atom is 0.325 e. The first kappa shape index (κ1) is 27.8. The van der Waals surface area contributed by atoms with E-state index in [1.807, 2.05) is 4.90 Å². The van der Waals surface area contributed by atoms with Crippen LogP contribution in [0.4, 0.5) is 4.79 Å². The smallest absolute Gasteiger partial charge is 0.325 e. The highest BCUT2D eigenvalue weighted by Crippen LogP contribution is 2.45. The lowest BCUT2D eigenvalue weighted by Crippen LogP contribution is -2.51. The quantitative estimate of drug-likeness (QED) is 0.385. The normalized spacial score (nSPS) is 24.0. The van der Waals surface area contributed by atoms with Crippen molar-refractivity contribution in [1.29, 1.82) is 0 Å². The number of ether oxygens (including phenoxy) is 1. The van der Waals surface area contributed by atoms with Crippen molar-refractivity contribution in [3.05, 3.63) is 66.0 Å². The number of fused-ring (bicyclic) bond motifs is 3. The number of esters is 1. The number of imidazole rings is 1. The van der Waals surface area contributed by atoms with Crippen LogP contribution in [-0.4, -0.2) is 76.2 Å². The van der Waals surface area contributed by atoms with Crippen LogP contribution in [0.3, 0.4) is 0 Å². The third-order valence-corrected chi connectivity index (χ3v) is 9.93. The molecule has 6 rings (SSSR count). The maximum atomic E-state index is 12.8. The van der Waals surface area contributed by atoms with Crippen molar-refractivity contribution in [2.24, 2.45) is 0 Å². The number of piperidine rings is 2. The second-order valence-corrected chi connectivity index (χ2v) is 12.1. The molecule has 2 aromatic carbocycles. The fourth-order valence-electron chi connectivity index (χ4n) is 7.87. The zero-order valence-corrected chi connectivity index (χ0v) is 24.4. The summed E-state index contributed by atoms with van der Waals surface area (Å²) in [5.41, 5.74) is 3.80. The van der Waals surface area contributed by atoms with Crippen molar-refractivity contribution in [2.45, 2.75) is 82.3 Å². The SMILES string of the molecule is CCOC(=O)CNC(=O)N1CCC(CCN2C3CCC2CC(n2c(C)nc4ccccc42)C3)(c2ccccc2)CC1. The second kappa shape index (κ2) is 11.8. The van der Waals surface area contributed by atoms with Gasteiger partial charge in [-0.15, -0.1) is 0 Å². The number of nitrogens with one attached hydrogen (secondary N) is 1. The number of para-hydroxylation sites is 2. The van der Waals surface area contributed by atoms with E-state index in [1.54, 1.807) is 6.92 Å². The Morgan fingerprint density at radius 3 is 2.37 bits per heavy atom. The minimum absolute atomic E-state index is 0.0482. The lowest BCUT2D eigenvalue weighted by atomic mass is 9.70. The van der Waals surface area contributed by atoms with E-state index in [9.17, 15) is 9.59 Å². The van der Waals surface area contributed by atoms with Crippen molar-refractivity contribution >= 4 is 23.0 Å². The Morgan fingerprint density at radius 1 is 0.976 bits per heavy atom. The van der Waals surface area contributed by atoms with Crippen LogP contribution in [0.1, 0.15) is 69.3 Å². The summed E-state index contributed by atoms with van der Waals surface area (Å²) in [4.78, 5) is 34.0. The van der Waals surface area contributed by atoms with Crippen LogP contribution in [0, 0.1) is 6.92 Å². The number of hydrogen-bond acceptors (Lipinski definition) is 5. The van der Waals surface area contributed by atoms with Crippen LogP contribution in [0.2, 0.25) is 0 Å². The van der Waals surface area contributed by atoms with Crippen molar-refractivity contribution in [1.82, 2.24) is 24.7 Å². The van der Waals surface area contributed by atoms with Crippen LogP contribution in [0.25, 0.3) is 11.0 Å². The molecule has 8 heteroatoms. The van der Waals surface area contributed by atoms with Gasteiger partial charge in [-0.25, -0.2) is 9.78 Å². The average molecular weight is 558 g/mol. The molecule has 0 radical (unpaired) electrons. The molecule has 3 aliphatic heterocycles. The number of aryl methyl sites for hydroxylation is 1. The largest absolute Gasteiger partial charge is 0.465 e. The molecule has 3 saturated heterocycles. The van der Waals surface area contributed by atoms with Gasteiger partial charge in [0, 0.05) is 31.2 Å². The Hall–Kier alpha value is -3.39. The minimum atomic E-state index is -0.397. The number of rotatable bonds is 8. The molecule has 2 unspecified atom stereocenters. The van der Waals surface area contributed by atoms with Crippen LogP contribution < -0.4 is 5.32 Å². The number of benzene rings is 2. The van der Waals surface area contributed by atoms with Gasteiger partial charge < -0.3 is 19.5 Å². The monoisotopic (exact) mass is 557 g/mol. The number of carbonyl (C=O) groups is 2.